The molecule has 1 aliphatic heterocycles. The van der Waals surface area contributed by atoms with Crippen molar-refractivity contribution < 1.29 is 9.59 Å². The topological polar surface area (TPSA) is 37.4 Å². The third kappa shape index (κ3) is 2.18. The number of amides is 1. The molecule has 0 aliphatic carbocycles. The van der Waals surface area contributed by atoms with Crippen LogP contribution in [0, 0.1) is 11.8 Å². The lowest BCUT2D eigenvalue weighted by Gasteiger charge is -2.18. The third-order valence-corrected chi connectivity index (χ3v) is 2.85. The first-order valence-corrected chi connectivity index (χ1v) is 5.19. The monoisotopic (exact) mass is 213 g/mol. The van der Waals surface area contributed by atoms with Crippen molar-refractivity contribution >= 4 is 28.9 Å². The maximum Gasteiger partial charge on any atom is 0.229 e. The Bertz CT molecular complexity index is 286. The molecule has 0 spiro atoms. The molecule has 78 valence electrons. The van der Waals surface area contributed by atoms with Gasteiger partial charge in [-0.2, -0.15) is 0 Å². The molecule has 0 radical (unpaired) electrons. The number of hydrogen-bond donors (Lipinski definition) is 0. The van der Waals surface area contributed by atoms with Gasteiger partial charge >= 0.3 is 0 Å². The van der Waals surface area contributed by atoms with E-state index >= 15 is 0 Å². The normalized spacial score (nSPS) is 21.9. The second-order valence-corrected chi connectivity index (χ2v) is 4.48. The van der Waals surface area contributed by atoms with E-state index in [0.717, 1.165) is 0 Å². The van der Waals surface area contributed by atoms with Gasteiger partial charge in [0.05, 0.1) is 4.99 Å². The Morgan fingerprint density at radius 3 is 2.43 bits per heavy atom. The maximum atomic E-state index is 11.7. The average molecular weight is 213 g/mol. The summed E-state index contributed by atoms with van der Waals surface area (Å²) in [4.78, 5) is 25.0. The standard InChI is InChI=1S/C10H15NO2S/c1-6(2)10(13)11-5-8(7(3)12)4-9(11)14/h6,8H,4-5H2,1-3H3/t8-/m1/s1. The Morgan fingerprint density at radius 2 is 2.07 bits per heavy atom. The lowest BCUT2D eigenvalue weighted by molar-refractivity contribution is -0.130. The number of nitrogens with zero attached hydrogens (tertiary/aromatic N) is 1. The number of ketones is 1. The minimum Gasteiger partial charge on any atom is -0.306 e. The summed E-state index contributed by atoms with van der Waals surface area (Å²) in [7, 11) is 0. The fourth-order valence-electron chi connectivity index (χ4n) is 1.50. The Hall–Kier alpha value is -0.770. The van der Waals surface area contributed by atoms with E-state index in [2.05, 4.69) is 0 Å². The van der Waals surface area contributed by atoms with Gasteiger partial charge in [-0.05, 0) is 6.92 Å². The zero-order chi connectivity index (χ0) is 10.9. The molecule has 0 aromatic carbocycles. The summed E-state index contributed by atoms with van der Waals surface area (Å²) in [5.41, 5.74) is 0. The van der Waals surface area contributed by atoms with Crippen molar-refractivity contribution in [2.45, 2.75) is 27.2 Å². The van der Waals surface area contributed by atoms with Gasteiger partial charge in [-0.1, -0.05) is 26.1 Å². The Balaban J connectivity index is 2.70. The summed E-state index contributed by atoms with van der Waals surface area (Å²) in [6, 6.07) is 0. The van der Waals surface area contributed by atoms with Gasteiger partial charge in [-0.3, -0.25) is 9.59 Å². The number of hydrogen-bond acceptors (Lipinski definition) is 3. The lowest BCUT2D eigenvalue weighted by Crippen LogP contribution is -2.35. The molecule has 0 unspecified atom stereocenters. The molecule has 1 saturated heterocycles. The minimum atomic E-state index is -0.0785. The van der Waals surface area contributed by atoms with Gasteiger partial charge in [0.15, 0.2) is 0 Å². The number of likely N-dealkylation sites (tertiary alicyclic amines) is 1. The zero-order valence-electron chi connectivity index (χ0n) is 8.74. The van der Waals surface area contributed by atoms with E-state index in [1.54, 1.807) is 11.8 Å². The fourth-order valence-corrected chi connectivity index (χ4v) is 1.87. The predicted octanol–water partition coefficient (Wildman–Crippen LogP) is 1.41. The van der Waals surface area contributed by atoms with Gasteiger partial charge in [0.1, 0.15) is 5.78 Å². The van der Waals surface area contributed by atoms with Crippen LogP contribution >= 0.6 is 12.2 Å². The summed E-state index contributed by atoms with van der Waals surface area (Å²) < 4.78 is 0. The first kappa shape index (κ1) is 11.3. The minimum absolute atomic E-state index is 0.0266. The molecule has 1 aliphatic rings. The lowest BCUT2D eigenvalue weighted by atomic mass is 10.1. The van der Waals surface area contributed by atoms with Crippen molar-refractivity contribution in [3.05, 3.63) is 0 Å². The molecule has 1 rings (SSSR count). The van der Waals surface area contributed by atoms with Gasteiger partial charge in [0, 0.05) is 24.8 Å². The van der Waals surface area contributed by atoms with Crippen LogP contribution in [0.4, 0.5) is 0 Å². The molecule has 3 nitrogen and oxygen atoms in total. The molecule has 14 heavy (non-hydrogen) atoms. The molecule has 1 amide bonds. The molecule has 0 bridgehead atoms. The summed E-state index contributed by atoms with van der Waals surface area (Å²) in [5.74, 6) is 0.00835. The molecule has 0 aromatic rings. The van der Waals surface area contributed by atoms with Gasteiger partial charge in [-0.25, -0.2) is 0 Å². The molecular weight excluding hydrogens is 198 g/mol. The predicted molar refractivity (Wildman–Crippen MR) is 57.9 cm³/mol. The molecule has 0 aromatic heterocycles. The van der Waals surface area contributed by atoms with Crippen LogP contribution in [0.3, 0.4) is 0 Å². The molecule has 1 fully saturated rings. The van der Waals surface area contributed by atoms with Gasteiger partial charge in [-0.15, -0.1) is 0 Å². The largest absolute Gasteiger partial charge is 0.306 e. The van der Waals surface area contributed by atoms with Crippen molar-refractivity contribution in [2.24, 2.45) is 11.8 Å². The Kier molecular flexibility index (Phi) is 3.37. The summed E-state index contributed by atoms with van der Waals surface area (Å²) >= 11 is 5.09. The molecule has 1 atom stereocenters. The first-order valence-electron chi connectivity index (χ1n) is 4.78. The number of rotatable bonds is 2. The van der Waals surface area contributed by atoms with Gasteiger partial charge in [0.25, 0.3) is 0 Å². The van der Waals surface area contributed by atoms with Crippen molar-refractivity contribution in [2.75, 3.05) is 6.54 Å². The van der Waals surface area contributed by atoms with E-state index in [1.165, 1.54) is 0 Å². The molecular formula is C10H15NO2S. The van der Waals surface area contributed by atoms with Crippen LogP contribution in [0.15, 0.2) is 0 Å². The van der Waals surface area contributed by atoms with E-state index in [4.69, 9.17) is 12.2 Å². The van der Waals surface area contributed by atoms with Gasteiger partial charge < -0.3 is 4.90 Å². The highest BCUT2D eigenvalue weighted by Crippen LogP contribution is 2.21. The zero-order valence-corrected chi connectivity index (χ0v) is 9.56. The second kappa shape index (κ2) is 4.17. The van der Waals surface area contributed by atoms with E-state index in [9.17, 15) is 9.59 Å². The SMILES string of the molecule is CC(=O)[C@@H]1CC(=S)N(C(=O)C(C)C)C1. The van der Waals surface area contributed by atoms with Crippen LogP contribution in [-0.2, 0) is 9.59 Å². The molecule has 4 heteroatoms. The summed E-state index contributed by atoms with van der Waals surface area (Å²) in [5, 5.41) is 0. The van der Waals surface area contributed by atoms with Crippen molar-refractivity contribution in [1.29, 1.82) is 0 Å². The van der Waals surface area contributed by atoms with Crippen LogP contribution in [0.1, 0.15) is 27.2 Å². The molecule has 0 N–H and O–H groups in total. The quantitative estimate of drug-likeness (QED) is 0.651. The van der Waals surface area contributed by atoms with E-state index in [0.29, 0.717) is 18.0 Å². The van der Waals surface area contributed by atoms with Crippen molar-refractivity contribution in [1.82, 2.24) is 4.90 Å². The Morgan fingerprint density at radius 1 is 1.50 bits per heavy atom. The van der Waals surface area contributed by atoms with E-state index < -0.39 is 0 Å². The fraction of sp³-hybridized carbons (Fsp3) is 0.700. The van der Waals surface area contributed by atoms with E-state index in [-0.39, 0.29) is 23.5 Å². The highest BCUT2D eigenvalue weighted by molar-refractivity contribution is 7.80. The number of Topliss-reactive ketones (excluding diaryl/α,β-unsaturated/α-hetero) is 1. The maximum absolute atomic E-state index is 11.7. The highest BCUT2D eigenvalue weighted by Gasteiger charge is 2.33. The van der Waals surface area contributed by atoms with Crippen LogP contribution in [-0.4, -0.2) is 28.1 Å². The molecule has 0 saturated carbocycles. The van der Waals surface area contributed by atoms with Crippen LogP contribution < -0.4 is 0 Å². The molecule has 1 heterocycles. The van der Waals surface area contributed by atoms with Crippen molar-refractivity contribution in [3.8, 4) is 0 Å². The number of carbonyl (C=O) groups is 2. The van der Waals surface area contributed by atoms with Crippen LogP contribution in [0.2, 0.25) is 0 Å². The highest BCUT2D eigenvalue weighted by atomic mass is 32.1. The van der Waals surface area contributed by atoms with Gasteiger partial charge in [0.2, 0.25) is 5.91 Å². The van der Waals surface area contributed by atoms with Crippen LogP contribution in [0.25, 0.3) is 0 Å². The van der Waals surface area contributed by atoms with E-state index in [1.807, 2.05) is 13.8 Å². The third-order valence-electron chi connectivity index (χ3n) is 2.46. The number of carbonyl (C=O) groups excluding carboxylic acids is 2. The first-order chi connectivity index (χ1) is 6.43. The average Bonchev–Trinajstić information content (AvgIpc) is 2.46. The summed E-state index contributed by atoms with van der Waals surface area (Å²) in [6.45, 7) is 5.71. The van der Waals surface area contributed by atoms with Crippen LogP contribution in [0.5, 0.6) is 0 Å². The summed E-state index contributed by atoms with van der Waals surface area (Å²) in [6.07, 6.45) is 0.559. The second-order valence-electron chi connectivity index (χ2n) is 4.01. The van der Waals surface area contributed by atoms with Crippen molar-refractivity contribution in [3.63, 3.8) is 0 Å². The number of thiocarbonyl (C=S) groups is 1. The Labute approximate surface area is 89.5 Å². The smallest absolute Gasteiger partial charge is 0.229 e.